The quantitative estimate of drug-likeness (QED) is 0.800. The van der Waals surface area contributed by atoms with Gasteiger partial charge >= 0.3 is 0 Å². The van der Waals surface area contributed by atoms with Gasteiger partial charge in [-0.15, -0.1) is 0 Å². The van der Waals surface area contributed by atoms with Crippen LogP contribution in [-0.2, 0) is 11.3 Å². The van der Waals surface area contributed by atoms with Gasteiger partial charge in [-0.25, -0.2) is 0 Å². The maximum absolute atomic E-state index is 11.8. The van der Waals surface area contributed by atoms with Crippen LogP contribution in [0.15, 0.2) is 30.3 Å². The van der Waals surface area contributed by atoms with Crippen LogP contribution < -0.4 is 5.32 Å². The number of nitrogens with one attached hydrogen (secondary N) is 1. The summed E-state index contributed by atoms with van der Waals surface area (Å²) in [6.45, 7) is 10.6. The molecule has 0 saturated carbocycles. The van der Waals surface area contributed by atoms with E-state index in [1.165, 1.54) is 5.56 Å². The monoisotopic (exact) mass is 317 g/mol. The van der Waals surface area contributed by atoms with Crippen molar-refractivity contribution in [2.24, 2.45) is 0 Å². The molecule has 0 aliphatic carbocycles. The van der Waals surface area contributed by atoms with Crippen molar-refractivity contribution in [3.05, 3.63) is 35.9 Å². The zero-order valence-electron chi connectivity index (χ0n) is 14.6. The summed E-state index contributed by atoms with van der Waals surface area (Å²) in [5.41, 5.74) is 1.39. The molecule has 1 atom stereocenters. The van der Waals surface area contributed by atoms with Gasteiger partial charge in [-0.05, 0) is 18.9 Å². The molecule has 2 rings (SSSR count). The van der Waals surface area contributed by atoms with Crippen LogP contribution in [0.25, 0.3) is 0 Å². The lowest BCUT2D eigenvalue weighted by Crippen LogP contribution is -2.50. The Kier molecular flexibility index (Phi) is 7.56. The second kappa shape index (κ2) is 9.68. The first kappa shape index (κ1) is 18.0. The fourth-order valence-corrected chi connectivity index (χ4v) is 3.09. The van der Waals surface area contributed by atoms with E-state index in [1.807, 2.05) is 0 Å². The minimum Gasteiger partial charge on any atom is -0.352 e. The summed E-state index contributed by atoms with van der Waals surface area (Å²) in [4.78, 5) is 16.7. The number of nitrogens with zero attached hydrogens (tertiary/aromatic N) is 2. The van der Waals surface area contributed by atoms with E-state index in [-0.39, 0.29) is 11.9 Å². The molecular formula is C19H31N3O. The molecule has 0 spiro atoms. The highest BCUT2D eigenvalue weighted by Crippen LogP contribution is 2.08. The van der Waals surface area contributed by atoms with Crippen molar-refractivity contribution in [2.45, 2.75) is 45.7 Å². The Bertz CT molecular complexity index is 455. The minimum atomic E-state index is 0.196. The molecule has 1 aromatic rings. The van der Waals surface area contributed by atoms with E-state index in [1.54, 1.807) is 0 Å². The summed E-state index contributed by atoms with van der Waals surface area (Å²) in [5.74, 6) is 0.196. The first-order valence-corrected chi connectivity index (χ1v) is 8.95. The number of piperazine rings is 1. The van der Waals surface area contributed by atoms with Crippen molar-refractivity contribution < 1.29 is 4.79 Å². The molecule has 1 aliphatic heterocycles. The highest BCUT2D eigenvalue weighted by atomic mass is 16.1. The van der Waals surface area contributed by atoms with Crippen molar-refractivity contribution in [2.75, 3.05) is 32.7 Å². The van der Waals surface area contributed by atoms with Gasteiger partial charge in [0.15, 0.2) is 0 Å². The summed E-state index contributed by atoms with van der Waals surface area (Å²) < 4.78 is 0. The van der Waals surface area contributed by atoms with Crippen LogP contribution >= 0.6 is 0 Å². The first-order valence-electron chi connectivity index (χ1n) is 8.95. The van der Waals surface area contributed by atoms with Crippen LogP contribution in [0.4, 0.5) is 0 Å². The summed E-state index contributed by atoms with van der Waals surface area (Å²) in [7, 11) is 0. The highest BCUT2D eigenvalue weighted by Gasteiger charge is 2.19. The lowest BCUT2D eigenvalue weighted by atomic mass is 10.2. The third-order valence-electron chi connectivity index (χ3n) is 4.41. The molecule has 1 aromatic carbocycles. The molecule has 23 heavy (non-hydrogen) atoms. The lowest BCUT2D eigenvalue weighted by molar-refractivity contribution is -0.121. The molecule has 1 aliphatic rings. The Labute approximate surface area is 140 Å². The summed E-state index contributed by atoms with van der Waals surface area (Å²) >= 11 is 0. The molecule has 0 aromatic heterocycles. The van der Waals surface area contributed by atoms with Crippen LogP contribution in [0.3, 0.4) is 0 Å². The number of hydrogen-bond donors (Lipinski definition) is 1. The van der Waals surface area contributed by atoms with Crippen LogP contribution in [-0.4, -0.2) is 54.5 Å². The normalized spacial score (nSPS) is 17.8. The molecule has 1 amide bonds. The Balaban J connectivity index is 1.65. The van der Waals surface area contributed by atoms with Gasteiger partial charge in [0.1, 0.15) is 0 Å². The molecule has 0 radical (unpaired) electrons. The highest BCUT2D eigenvalue weighted by molar-refractivity contribution is 5.76. The maximum atomic E-state index is 11.8. The number of unbranched alkanes of at least 4 members (excludes halogenated alkanes) is 1. The van der Waals surface area contributed by atoms with Crippen LogP contribution in [0.1, 0.15) is 38.7 Å². The van der Waals surface area contributed by atoms with Crippen LogP contribution in [0.2, 0.25) is 0 Å². The van der Waals surface area contributed by atoms with Gasteiger partial charge < -0.3 is 5.32 Å². The molecule has 1 saturated heterocycles. The Morgan fingerprint density at radius 2 is 1.78 bits per heavy atom. The standard InChI is InChI=1S/C19H31N3O/c1-3-4-10-19(23)20-17(2)15-21-11-13-22(14-12-21)16-18-8-6-5-7-9-18/h5-9,17H,3-4,10-16H2,1-2H3,(H,20,23)/t17-/m0/s1. The van der Waals surface area contributed by atoms with Crippen LogP contribution in [0.5, 0.6) is 0 Å². The third-order valence-corrected chi connectivity index (χ3v) is 4.41. The number of amides is 1. The van der Waals surface area contributed by atoms with Gasteiger partial charge in [-0.2, -0.15) is 0 Å². The molecule has 4 heteroatoms. The molecule has 1 heterocycles. The van der Waals surface area contributed by atoms with E-state index in [4.69, 9.17) is 0 Å². The maximum Gasteiger partial charge on any atom is 0.220 e. The summed E-state index contributed by atoms with van der Waals surface area (Å²) in [6.07, 6.45) is 2.72. The zero-order valence-corrected chi connectivity index (χ0v) is 14.6. The van der Waals surface area contributed by atoms with Gasteiger partial charge in [-0.3, -0.25) is 14.6 Å². The molecule has 0 bridgehead atoms. The van der Waals surface area contributed by atoms with E-state index in [9.17, 15) is 4.79 Å². The van der Waals surface area contributed by atoms with Gasteiger partial charge in [0.05, 0.1) is 0 Å². The van der Waals surface area contributed by atoms with E-state index in [0.717, 1.165) is 52.1 Å². The van der Waals surface area contributed by atoms with Crippen molar-refractivity contribution in [1.82, 2.24) is 15.1 Å². The number of carbonyl (C=O) groups excluding carboxylic acids is 1. The van der Waals surface area contributed by atoms with Gasteiger partial charge in [-0.1, -0.05) is 43.7 Å². The second-order valence-corrected chi connectivity index (χ2v) is 6.63. The summed E-state index contributed by atoms with van der Waals surface area (Å²) in [6, 6.07) is 10.9. The topological polar surface area (TPSA) is 35.6 Å². The van der Waals surface area contributed by atoms with Crippen molar-refractivity contribution in [3.63, 3.8) is 0 Å². The average molecular weight is 317 g/mol. The minimum absolute atomic E-state index is 0.196. The molecule has 128 valence electrons. The fraction of sp³-hybridized carbons (Fsp3) is 0.632. The largest absolute Gasteiger partial charge is 0.352 e. The number of carbonyl (C=O) groups is 1. The van der Waals surface area contributed by atoms with E-state index < -0.39 is 0 Å². The van der Waals surface area contributed by atoms with E-state index in [0.29, 0.717) is 6.42 Å². The smallest absolute Gasteiger partial charge is 0.220 e. The predicted molar refractivity (Wildman–Crippen MR) is 95.3 cm³/mol. The zero-order chi connectivity index (χ0) is 16.5. The Hall–Kier alpha value is -1.39. The van der Waals surface area contributed by atoms with E-state index >= 15 is 0 Å². The van der Waals surface area contributed by atoms with Crippen LogP contribution in [0, 0.1) is 0 Å². The van der Waals surface area contributed by atoms with E-state index in [2.05, 4.69) is 59.3 Å². The molecular weight excluding hydrogens is 286 g/mol. The molecule has 4 nitrogen and oxygen atoms in total. The van der Waals surface area contributed by atoms with Gasteiger partial charge in [0.2, 0.25) is 5.91 Å². The SMILES string of the molecule is CCCCC(=O)N[C@@H](C)CN1CCN(Cc2ccccc2)CC1. The Morgan fingerprint density at radius 3 is 2.43 bits per heavy atom. The predicted octanol–water partition coefficient (Wildman–Crippen LogP) is 2.50. The first-order chi connectivity index (χ1) is 11.2. The summed E-state index contributed by atoms with van der Waals surface area (Å²) in [5, 5.41) is 3.12. The van der Waals surface area contributed by atoms with Gasteiger partial charge in [0, 0.05) is 51.7 Å². The second-order valence-electron chi connectivity index (χ2n) is 6.63. The number of rotatable bonds is 8. The lowest BCUT2D eigenvalue weighted by Gasteiger charge is -2.36. The van der Waals surface area contributed by atoms with Crippen molar-refractivity contribution in [1.29, 1.82) is 0 Å². The van der Waals surface area contributed by atoms with Crippen molar-refractivity contribution in [3.8, 4) is 0 Å². The molecule has 1 N–H and O–H groups in total. The van der Waals surface area contributed by atoms with Crippen molar-refractivity contribution >= 4 is 5.91 Å². The molecule has 0 unspecified atom stereocenters. The number of hydrogen-bond acceptors (Lipinski definition) is 3. The molecule has 1 fully saturated rings. The third kappa shape index (κ3) is 6.71. The number of benzene rings is 1. The van der Waals surface area contributed by atoms with Gasteiger partial charge in [0.25, 0.3) is 0 Å². The average Bonchev–Trinajstić information content (AvgIpc) is 2.55. The Morgan fingerprint density at radius 1 is 1.13 bits per heavy atom. The fourth-order valence-electron chi connectivity index (χ4n) is 3.09.